The first-order chi connectivity index (χ1) is 11.6. The molecule has 0 N–H and O–H groups in total. The van der Waals surface area contributed by atoms with Gasteiger partial charge in [0.1, 0.15) is 5.75 Å². The van der Waals surface area contributed by atoms with E-state index in [1.807, 2.05) is 18.2 Å². The molecule has 0 saturated heterocycles. The number of nitrogens with zero attached hydrogens (tertiary/aromatic N) is 2. The lowest BCUT2D eigenvalue weighted by atomic mass is 10.2. The normalized spacial score (nSPS) is 11.9. The van der Waals surface area contributed by atoms with E-state index in [2.05, 4.69) is 44.5 Å². The fourth-order valence-electron chi connectivity index (χ4n) is 2.54. The molecule has 1 aromatic heterocycles. The molecule has 0 saturated carbocycles. The highest BCUT2D eigenvalue weighted by Gasteiger charge is 2.12. The molecule has 0 aliphatic carbocycles. The van der Waals surface area contributed by atoms with Crippen LogP contribution in [0.25, 0.3) is 10.2 Å². The molecule has 0 radical (unpaired) electrons. The number of hydrogen-bond acceptors (Lipinski definition) is 3. The quantitative estimate of drug-likeness (QED) is 0.636. The summed E-state index contributed by atoms with van der Waals surface area (Å²) in [5, 5.41) is 0. The van der Waals surface area contributed by atoms with Gasteiger partial charge in [0.25, 0.3) is 5.91 Å². The summed E-state index contributed by atoms with van der Waals surface area (Å²) in [5.74, 6) is 0.250. The Kier molecular flexibility index (Phi) is 5.16. The second-order valence-corrected chi connectivity index (χ2v) is 7.19. The van der Waals surface area contributed by atoms with Crippen molar-refractivity contribution in [2.24, 2.45) is 4.99 Å². The van der Waals surface area contributed by atoms with Crippen molar-refractivity contribution in [3.8, 4) is 5.75 Å². The lowest BCUT2D eigenvalue weighted by Gasteiger charge is -2.05. The second kappa shape index (κ2) is 7.32. The smallest absolute Gasteiger partial charge is 0.283 e. The van der Waals surface area contributed by atoms with Gasteiger partial charge >= 0.3 is 0 Å². The summed E-state index contributed by atoms with van der Waals surface area (Å²) in [6.07, 6.45) is 0.970. The number of fused-ring (bicyclic) bond motifs is 1. The predicted octanol–water partition coefficient (Wildman–Crippen LogP) is 4.63. The fourth-order valence-corrected chi connectivity index (χ4v) is 4.15. The molecule has 0 aliphatic rings. The molecule has 0 spiro atoms. The Hall–Kier alpha value is -1.92. The van der Waals surface area contributed by atoms with Crippen LogP contribution in [0.5, 0.6) is 5.75 Å². The van der Waals surface area contributed by atoms with Crippen LogP contribution >= 0.6 is 27.3 Å². The Labute approximate surface area is 152 Å². The van der Waals surface area contributed by atoms with Crippen LogP contribution in [-0.4, -0.2) is 17.6 Å². The first-order valence-electron chi connectivity index (χ1n) is 7.65. The van der Waals surface area contributed by atoms with E-state index in [4.69, 9.17) is 4.74 Å². The van der Waals surface area contributed by atoms with Crippen LogP contribution in [0.2, 0.25) is 0 Å². The molecule has 6 heteroatoms. The number of rotatable bonds is 4. The summed E-state index contributed by atoms with van der Waals surface area (Å²) in [5.41, 5.74) is 1.57. The van der Waals surface area contributed by atoms with Crippen molar-refractivity contribution in [1.29, 1.82) is 0 Å². The van der Waals surface area contributed by atoms with Gasteiger partial charge in [0.2, 0.25) is 0 Å². The van der Waals surface area contributed by atoms with Crippen LogP contribution < -0.4 is 9.54 Å². The van der Waals surface area contributed by atoms with Crippen molar-refractivity contribution >= 4 is 43.4 Å². The van der Waals surface area contributed by atoms with Crippen LogP contribution in [0.1, 0.15) is 23.7 Å². The van der Waals surface area contributed by atoms with Crippen LogP contribution in [0.3, 0.4) is 0 Å². The largest absolute Gasteiger partial charge is 0.496 e. The predicted molar refractivity (Wildman–Crippen MR) is 101 cm³/mol. The summed E-state index contributed by atoms with van der Waals surface area (Å²) in [6.45, 7) is 2.93. The molecule has 24 heavy (non-hydrogen) atoms. The van der Waals surface area contributed by atoms with Crippen LogP contribution in [-0.2, 0) is 6.54 Å². The number of halogens is 1. The van der Waals surface area contributed by atoms with Crippen molar-refractivity contribution in [3.63, 3.8) is 0 Å². The van der Waals surface area contributed by atoms with E-state index in [1.54, 1.807) is 19.2 Å². The van der Waals surface area contributed by atoms with Gasteiger partial charge in [-0.2, -0.15) is 4.99 Å². The molecule has 1 amide bonds. The van der Waals surface area contributed by atoms with Crippen molar-refractivity contribution in [2.45, 2.75) is 19.9 Å². The van der Waals surface area contributed by atoms with Crippen molar-refractivity contribution in [1.82, 2.24) is 4.57 Å². The van der Waals surface area contributed by atoms with Gasteiger partial charge in [0.05, 0.1) is 22.9 Å². The van der Waals surface area contributed by atoms with E-state index in [0.29, 0.717) is 16.1 Å². The Bertz CT molecular complexity index is 959. The fraction of sp³-hybridized carbons (Fsp3) is 0.222. The topological polar surface area (TPSA) is 43.6 Å². The number of thiazole rings is 1. The third kappa shape index (κ3) is 3.30. The van der Waals surface area contributed by atoms with E-state index in [-0.39, 0.29) is 5.91 Å². The number of amides is 1. The number of para-hydroxylation sites is 1. The average Bonchev–Trinajstić information content (AvgIpc) is 2.91. The van der Waals surface area contributed by atoms with Crippen LogP contribution in [0, 0.1) is 0 Å². The molecule has 3 rings (SSSR count). The molecule has 124 valence electrons. The molecule has 4 nitrogen and oxygen atoms in total. The first-order valence-corrected chi connectivity index (χ1v) is 9.26. The zero-order valence-electron chi connectivity index (χ0n) is 13.5. The lowest BCUT2D eigenvalue weighted by molar-refractivity contribution is 0.0995. The number of benzene rings is 2. The van der Waals surface area contributed by atoms with E-state index >= 15 is 0 Å². The maximum Gasteiger partial charge on any atom is 0.283 e. The number of aromatic nitrogens is 1. The summed E-state index contributed by atoms with van der Waals surface area (Å²) >= 11 is 5.01. The molecule has 3 aromatic rings. The van der Waals surface area contributed by atoms with Gasteiger partial charge in [-0.1, -0.05) is 46.3 Å². The highest BCUT2D eigenvalue weighted by atomic mass is 79.9. The molecule has 0 unspecified atom stereocenters. The molecule has 2 aromatic carbocycles. The number of carbonyl (C=O) groups is 1. The number of ether oxygens (including phenoxy) is 1. The molecular formula is C18H17BrN2O2S. The van der Waals surface area contributed by atoms with Crippen molar-refractivity contribution in [3.05, 3.63) is 57.3 Å². The van der Waals surface area contributed by atoms with Gasteiger partial charge < -0.3 is 9.30 Å². The number of methoxy groups -OCH3 is 1. The van der Waals surface area contributed by atoms with Gasteiger partial charge in [-0.05, 0) is 36.8 Å². The van der Waals surface area contributed by atoms with E-state index < -0.39 is 0 Å². The standard InChI is InChI=1S/C18H17BrN2O2S/c1-3-10-21-14-9-8-12(19)11-16(14)24-18(21)20-17(22)13-6-4-5-7-15(13)23-2/h4-9,11H,3,10H2,1-2H3. The van der Waals surface area contributed by atoms with Crippen LogP contribution in [0.4, 0.5) is 0 Å². The Morgan fingerprint density at radius 1 is 1.29 bits per heavy atom. The van der Waals surface area contributed by atoms with E-state index in [9.17, 15) is 4.79 Å². The maximum absolute atomic E-state index is 12.6. The minimum atomic E-state index is -0.289. The molecular weight excluding hydrogens is 388 g/mol. The van der Waals surface area contributed by atoms with Gasteiger partial charge in [-0.15, -0.1) is 0 Å². The highest BCUT2D eigenvalue weighted by Crippen LogP contribution is 2.23. The summed E-state index contributed by atoms with van der Waals surface area (Å²) < 4.78 is 9.48. The number of hydrogen-bond donors (Lipinski definition) is 0. The minimum absolute atomic E-state index is 0.289. The van der Waals surface area contributed by atoms with Crippen molar-refractivity contribution < 1.29 is 9.53 Å². The summed E-state index contributed by atoms with van der Waals surface area (Å²) in [6, 6.07) is 13.3. The Morgan fingerprint density at radius 2 is 2.08 bits per heavy atom. The van der Waals surface area contributed by atoms with Gasteiger partial charge in [-0.3, -0.25) is 4.79 Å². The second-order valence-electron chi connectivity index (χ2n) is 5.27. The number of aryl methyl sites for hydroxylation is 1. The zero-order valence-corrected chi connectivity index (χ0v) is 15.9. The molecule has 1 heterocycles. The van der Waals surface area contributed by atoms with Crippen molar-refractivity contribution in [2.75, 3.05) is 7.11 Å². The average molecular weight is 405 g/mol. The molecule has 0 fully saturated rings. The summed E-state index contributed by atoms with van der Waals surface area (Å²) in [4.78, 5) is 17.7. The van der Waals surface area contributed by atoms with Gasteiger partial charge in [0, 0.05) is 11.0 Å². The van der Waals surface area contributed by atoms with Crippen LogP contribution in [0.15, 0.2) is 51.9 Å². The molecule has 0 atom stereocenters. The molecule has 0 bridgehead atoms. The minimum Gasteiger partial charge on any atom is -0.496 e. The molecule has 0 aliphatic heterocycles. The van der Waals surface area contributed by atoms with E-state index in [1.165, 1.54) is 11.3 Å². The maximum atomic E-state index is 12.6. The lowest BCUT2D eigenvalue weighted by Crippen LogP contribution is -2.17. The Balaban J connectivity index is 2.15. The summed E-state index contributed by atoms with van der Waals surface area (Å²) in [7, 11) is 1.56. The third-order valence-corrected chi connectivity index (χ3v) is 5.16. The Morgan fingerprint density at radius 3 is 2.83 bits per heavy atom. The first kappa shape index (κ1) is 16.9. The SMILES string of the molecule is CCCn1c(=NC(=O)c2ccccc2OC)sc2cc(Br)ccc21. The van der Waals surface area contributed by atoms with E-state index in [0.717, 1.165) is 27.7 Å². The van der Waals surface area contributed by atoms with Gasteiger partial charge in [0.15, 0.2) is 4.80 Å². The monoisotopic (exact) mass is 404 g/mol. The number of carbonyl (C=O) groups excluding carboxylic acids is 1. The zero-order chi connectivity index (χ0) is 17.1. The highest BCUT2D eigenvalue weighted by molar-refractivity contribution is 9.10. The third-order valence-electron chi connectivity index (χ3n) is 3.63. The van der Waals surface area contributed by atoms with Gasteiger partial charge in [-0.25, -0.2) is 0 Å².